The van der Waals surface area contributed by atoms with Crippen LogP contribution in [0.2, 0.25) is 0 Å². The topological polar surface area (TPSA) is 40.2 Å². The summed E-state index contributed by atoms with van der Waals surface area (Å²) in [7, 11) is 0. The molecule has 1 aromatic carbocycles. The van der Waals surface area contributed by atoms with Crippen LogP contribution in [0.15, 0.2) is 36.4 Å². The van der Waals surface area contributed by atoms with Gasteiger partial charge in [-0.15, -0.1) is 0 Å². The first-order valence-corrected chi connectivity index (χ1v) is 9.62. The summed E-state index contributed by atoms with van der Waals surface area (Å²) in [6.45, 7) is 5.33. The maximum atomic E-state index is 4.92. The van der Waals surface area contributed by atoms with Gasteiger partial charge in [-0.25, -0.2) is 4.98 Å². The molecule has 0 bridgehead atoms. The molecule has 0 saturated carbocycles. The van der Waals surface area contributed by atoms with Crippen molar-refractivity contribution in [3.05, 3.63) is 53.2 Å². The van der Waals surface area contributed by atoms with Crippen LogP contribution in [0.5, 0.6) is 0 Å². The molecular weight excluding hydrogens is 308 g/mol. The van der Waals surface area contributed by atoms with Crippen molar-refractivity contribution in [3.8, 4) is 0 Å². The van der Waals surface area contributed by atoms with Crippen molar-refractivity contribution >= 4 is 11.5 Å². The fraction of sp³-hybridized carbons (Fsp3) is 0.476. The van der Waals surface area contributed by atoms with E-state index in [0.717, 1.165) is 45.0 Å². The van der Waals surface area contributed by atoms with Gasteiger partial charge in [0.1, 0.15) is 5.82 Å². The van der Waals surface area contributed by atoms with E-state index >= 15 is 0 Å². The molecule has 3 aliphatic rings. The summed E-state index contributed by atoms with van der Waals surface area (Å²) in [6.07, 6.45) is 4.84. The number of nitrogens with zero attached hydrogens (tertiary/aromatic N) is 2. The summed E-state index contributed by atoms with van der Waals surface area (Å²) in [5, 5.41) is 6.99. The van der Waals surface area contributed by atoms with Gasteiger partial charge < -0.3 is 15.5 Å². The summed E-state index contributed by atoms with van der Waals surface area (Å²) < 4.78 is 0. The van der Waals surface area contributed by atoms with Gasteiger partial charge in [0.05, 0.1) is 12.2 Å². The summed E-state index contributed by atoms with van der Waals surface area (Å²) in [4.78, 5) is 7.47. The molecule has 1 fully saturated rings. The predicted molar refractivity (Wildman–Crippen MR) is 102 cm³/mol. The van der Waals surface area contributed by atoms with E-state index in [9.17, 15) is 0 Å². The van der Waals surface area contributed by atoms with Crippen LogP contribution in [0.25, 0.3) is 0 Å². The Bertz CT molecular complexity index is 779. The molecule has 0 atom stereocenters. The molecule has 2 N–H and O–H groups in total. The monoisotopic (exact) mass is 334 g/mol. The van der Waals surface area contributed by atoms with Crippen LogP contribution in [-0.2, 0) is 18.4 Å². The fourth-order valence-corrected chi connectivity index (χ4v) is 4.86. The lowest BCUT2D eigenvalue weighted by molar-refractivity contribution is 0.325. The van der Waals surface area contributed by atoms with Crippen molar-refractivity contribution in [1.82, 2.24) is 10.3 Å². The Morgan fingerprint density at radius 2 is 1.92 bits per heavy atom. The van der Waals surface area contributed by atoms with E-state index < -0.39 is 0 Å². The number of aryl methyl sites for hydroxylation is 1. The third-order valence-corrected chi connectivity index (χ3v) is 6.17. The van der Waals surface area contributed by atoms with Gasteiger partial charge in [-0.05, 0) is 62.0 Å². The maximum absolute atomic E-state index is 4.92. The lowest BCUT2D eigenvalue weighted by Gasteiger charge is -2.35. The quantitative estimate of drug-likeness (QED) is 0.885. The third-order valence-electron chi connectivity index (χ3n) is 6.17. The Kier molecular flexibility index (Phi) is 3.66. The Morgan fingerprint density at radius 3 is 2.84 bits per heavy atom. The summed E-state index contributed by atoms with van der Waals surface area (Å²) >= 11 is 0. The minimum atomic E-state index is 0.328. The normalized spacial score (nSPS) is 20.9. The molecule has 3 aliphatic heterocycles. The lowest BCUT2D eigenvalue weighted by atomic mass is 9.75. The predicted octanol–water partition coefficient (Wildman–Crippen LogP) is 3.08. The largest absolute Gasteiger partial charge is 0.370 e. The standard InChI is InChI=1S/C21H26N4/c1-2-6-19-18(5-1)21(9-12-22-13-10-21)15-25(19)14-17-8-7-16-4-3-11-23-20(16)24-17/h1-2,5-8,22H,3-4,9-15H2,(H,23,24). The van der Waals surface area contributed by atoms with Crippen molar-refractivity contribution < 1.29 is 0 Å². The van der Waals surface area contributed by atoms with E-state index in [1.165, 1.54) is 36.2 Å². The van der Waals surface area contributed by atoms with Crippen LogP contribution in [0.1, 0.15) is 36.1 Å². The number of pyridine rings is 1. The molecule has 25 heavy (non-hydrogen) atoms. The second kappa shape index (κ2) is 6.03. The van der Waals surface area contributed by atoms with Gasteiger partial charge in [0.2, 0.25) is 0 Å². The molecule has 0 aliphatic carbocycles. The van der Waals surface area contributed by atoms with Gasteiger partial charge in [-0.2, -0.15) is 0 Å². The van der Waals surface area contributed by atoms with E-state index in [-0.39, 0.29) is 0 Å². The number of piperidine rings is 1. The second-order valence-corrected chi connectivity index (χ2v) is 7.74. The highest BCUT2D eigenvalue weighted by molar-refractivity contribution is 5.63. The van der Waals surface area contributed by atoms with Crippen molar-refractivity contribution in [1.29, 1.82) is 0 Å². The molecule has 0 radical (unpaired) electrons. The van der Waals surface area contributed by atoms with Gasteiger partial charge >= 0.3 is 0 Å². The van der Waals surface area contributed by atoms with Gasteiger partial charge in [0.15, 0.2) is 0 Å². The molecule has 0 amide bonds. The highest BCUT2D eigenvalue weighted by Gasteiger charge is 2.43. The Balaban J connectivity index is 1.45. The van der Waals surface area contributed by atoms with Crippen molar-refractivity contribution in [2.75, 3.05) is 36.4 Å². The Labute approximate surface area is 149 Å². The SMILES string of the molecule is c1ccc2c(c1)N(Cc1ccc3c(n1)NCCC3)CC21CCNCC1. The molecule has 1 spiro atoms. The highest BCUT2D eigenvalue weighted by Crippen LogP contribution is 2.46. The minimum Gasteiger partial charge on any atom is -0.370 e. The van der Waals surface area contributed by atoms with E-state index in [4.69, 9.17) is 4.98 Å². The molecular formula is C21H26N4. The number of anilines is 2. The molecule has 130 valence electrons. The van der Waals surface area contributed by atoms with Crippen LogP contribution in [0.4, 0.5) is 11.5 Å². The van der Waals surface area contributed by atoms with E-state index in [0.29, 0.717) is 5.41 Å². The van der Waals surface area contributed by atoms with Crippen LogP contribution in [0.3, 0.4) is 0 Å². The molecule has 5 rings (SSSR count). The second-order valence-electron chi connectivity index (χ2n) is 7.74. The number of benzene rings is 1. The summed E-state index contributed by atoms with van der Waals surface area (Å²) in [5.74, 6) is 1.10. The smallest absolute Gasteiger partial charge is 0.129 e. The molecule has 4 nitrogen and oxygen atoms in total. The average molecular weight is 334 g/mol. The number of hydrogen-bond acceptors (Lipinski definition) is 4. The molecule has 1 aromatic heterocycles. The van der Waals surface area contributed by atoms with Gasteiger partial charge in [0.25, 0.3) is 0 Å². The molecule has 2 aromatic rings. The van der Waals surface area contributed by atoms with Gasteiger partial charge in [0, 0.05) is 24.2 Å². The summed E-state index contributed by atoms with van der Waals surface area (Å²) in [5.41, 5.74) is 5.83. The highest BCUT2D eigenvalue weighted by atomic mass is 15.2. The fourth-order valence-electron chi connectivity index (χ4n) is 4.86. The van der Waals surface area contributed by atoms with Crippen molar-refractivity contribution in [2.24, 2.45) is 0 Å². The summed E-state index contributed by atoms with van der Waals surface area (Å²) in [6, 6.07) is 13.5. The van der Waals surface area contributed by atoms with Crippen LogP contribution in [-0.4, -0.2) is 31.2 Å². The van der Waals surface area contributed by atoms with Crippen LogP contribution in [0, 0.1) is 0 Å². The van der Waals surface area contributed by atoms with E-state index in [1.807, 2.05) is 0 Å². The third kappa shape index (κ3) is 2.60. The minimum absolute atomic E-state index is 0.328. The van der Waals surface area contributed by atoms with Crippen molar-refractivity contribution in [3.63, 3.8) is 0 Å². The van der Waals surface area contributed by atoms with Gasteiger partial charge in [-0.1, -0.05) is 24.3 Å². The zero-order chi connectivity index (χ0) is 16.7. The lowest BCUT2D eigenvalue weighted by Crippen LogP contribution is -2.43. The number of aromatic nitrogens is 1. The first-order chi connectivity index (χ1) is 12.3. The van der Waals surface area contributed by atoms with Crippen molar-refractivity contribution in [2.45, 2.75) is 37.6 Å². The molecule has 1 saturated heterocycles. The Hall–Kier alpha value is -2.07. The average Bonchev–Trinajstić information content (AvgIpc) is 2.96. The zero-order valence-corrected chi connectivity index (χ0v) is 14.7. The first-order valence-electron chi connectivity index (χ1n) is 9.62. The Morgan fingerprint density at radius 1 is 1.04 bits per heavy atom. The number of fused-ring (bicyclic) bond motifs is 3. The number of nitrogens with one attached hydrogen (secondary N) is 2. The van der Waals surface area contributed by atoms with Crippen LogP contribution >= 0.6 is 0 Å². The molecule has 4 heterocycles. The molecule has 4 heteroatoms. The number of hydrogen-bond donors (Lipinski definition) is 2. The first kappa shape index (κ1) is 15.2. The molecule has 0 unspecified atom stereocenters. The maximum Gasteiger partial charge on any atom is 0.129 e. The van der Waals surface area contributed by atoms with Crippen LogP contribution < -0.4 is 15.5 Å². The van der Waals surface area contributed by atoms with Gasteiger partial charge in [-0.3, -0.25) is 0 Å². The number of rotatable bonds is 2. The van der Waals surface area contributed by atoms with E-state index in [2.05, 4.69) is 51.9 Å². The number of para-hydroxylation sites is 1. The zero-order valence-electron chi connectivity index (χ0n) is 14.7. The van der Waals surface area contributed by atoms with E-state index in [1.54, 1.807) is 5.56 Å².